The van der Waals surface area contributed by atoms with Crippen molar-refractivity contribution < 1.29 is 18.3 Å². The second-order valence-electron chi connectivity index (χ2n) is 6.29. The summed E-state index contributed by atoms with van der Waals surface area (Å²) < 4.78 is 30.8. The molecule has 1 amide bonds. The molecule has 0 atom stereocenters. The van der Waals surface area contributed by atoms with Gasteiger partial charge in [0, 0.05) is 11.3 Å². The number of hydrogen-bond donors (Lipinski definition) is 2. The van der Waals surface area contributed by atoms with Crippen LogP contribution >= 0.6 is 0 Å². The van der Waals surface area contributed by atoms with E-state index in [0.29, 0.717) is 5.56 Å². The van der Waals surface area contributed by atoms with Crippen LogP contribution < -0.4 is 10.1 Å². The largest absolute Gasteiger partial charge is 0.435 e. The van der Waals surface area contributed by atoms with E-state index < -0.39 is 12.5 Å². The van der Waals surface area contributed by atoms with Crippen molar-refractivity contribution in [1.29, 1.82) is 0 Å². The van der Waals surface area contributed by atoms with E-state index in [-0.39, 0.29) is 23.2 Å². The summed E-state index contributed by atoms with van der Waals surface area (Å²) in [6, 6.07) is 17.1. The van der Waals surface area contributed by atoms with E-state index in [9.17, 15) is 13.6 Å². The van der Waals surface area contributed by atoms with Crippen molar-refractivity contribution in [2.75, 3.05) is 5.32 Å². The summed E-state index contributed by atoms with van der Waals surface area (Å²) in [4.78, 5) is 16.7. The van der Waals surface area contributed by atoms with E-state index in [0.717, 1.165) is 11.4 Å². The summed E-state index contributed by atoms with van der Waals surface area (Å²) in [5.74, 6) is -0.169. The molecule has 4 rings (SSSR count). The van der Waals surface area contributed by atoms with Crippen LogP contribution in [0.25, 0.3) is 17.1 Å². The van der Waals surface area contributed by atoms with Crippen LogP contribution in [0, 0.1) is 6.92 Å². The summed E-state index contributed by atoms with van der Waals surface area (Å²) in [6.07, 6.45) is 0. The van der Waals surface area contributed by atoms with E-state index >= 15 is 0 Å². The Morgan fingerprint density at radius 2 is 1.93 bits per heavy atom. The zero-order valence-corrected chi connectivity index (χ0v) is 15.7. The number of H-pyrrole nitrogens is 1. The quantitative estimate of drug-likeness (QED) is 0.504. The maximum Gasteiger partial charge on any atom is 0.387 e. The molecule has 0 saturated heterocycles. The van der Waals surface area contributed by atoms with Crippen LogP contribution in [0.15, 0.2) is 60.7 Å². The number of halogens is 2. The van der Waals surface area contributed by atoms with E-state index in [1.54, 1.807) is 22.9 Å². The molecule has 10 heteroatoms. The van der Waals surface area contributed by atoms with Crippen molar-refractivity contribution in [3.05, 3.63) is 72.1 Å². The zero-order valence-electron chi connectivity index (χ0n) is 15.7. The Morgan fingerprint density at radius 1 is 1.13 bits per heavy atom. The lowest BCUT2D eigenvalue weighted by Crippen LogP contribution is -2.14. The van der Waals surface area contributed by atoms with Gasteiger partial charge in [0.2, 0.25) is 5.95 Å². The van der Waals surface area contributed by atoms with Gasteiger partial charge >= 0.3 is 6.61 Å². The van der Waals surface area contributed by atoms with E-state index in [1.165, 1.54) is 12.1 Å². The molecule has 0 aliphatic heterocycles. The topological polar surface area (TPSA) is 97.7 Å². The molecule has 2 N–H and O–H groups in total. The van der Waals surface area contributed by atoms with Crippen LogP contribution in [0.3, 0.4) is 0 Å². The lowest BCUT2D eigenvalue weighted by molar-refractivity contribution is -0.0498. The van der Waals surface area contributed by atoms with Gasteiger partial charge in [-0.1, -0.05) is 30.3 Å². The van der Waals surface area contributed by atoms with Gasteiger partial charge in [-0.05, 0) is 37.3 Å². The van der Waals surface area contributed by atoms with Crippen LogP contribution in [-0.4, -0.2) is 37.5 Å². The van der Waals surface area contributed by atoms with Gasteiger partial charge < -0.3 is 4.74 Å². The number of nitrogens with one attached hydrogen (secondary N) is 2. The van der Waals surface area contributed by atoms with Crippen molar-refractivity contribution in [1.82, 2.24) is 25.0 Å². The van der Waals surface area contributed by atoms with Gasteiger partial charge in [-0.25, -0.2) is 4.68 Å². The smallest absolute Gasteiger partial charge is 0.387 e. The first-order chi connectivity index (χ1) is 14.5. The number of para-hydroxylation sites is 1. The predicted molar refractivity (Wildman–Crippen MR) is 105 cm³/mol. The maximum absolute atomic E-state index is 12.5. The summed E-state index contributed by atoms with van der Waals surface area (Å²) in [7, 11) is 0. The van der Waals surface area contributed by atoms with Gasteiger partial charge in [0.1, 0.15) is 5.75 Å². The molecule has 0 saturated carbocycles. The van der Waals surface area contributed by atoms with E-state index in [4.69, 9.17) is 0 Å². The van der Waals surface area contributed by atoms with Crippen molar-refractivity contribution in [3.63, 3.8) is 0 Å². The Bertz CT molecular complexity index is 1170. The molecule has 0 aliphatic rings. The zero-order chi connectivity index (χ0) is 21.1. The lowest BCUT2D eigenvalue weighted by Gasteiger charge is -2.04. The number of carbonyl (C=O) groups is 1. The minimum Gasteiger partial charge on any atom is -0.435 e. The number of nitrogens with zero attached hydrogens (tertiary/aromatic N) is 4. The molecule has 0 fully saturated rings. The molecular weight excluding hydrogens is 394 g/mol. The summed E-state index contributed by atoms with van der Waals surface area (Å²) in [5.41, 5.74) is 2.30. The highest BCUT2D eigenvalue weighted by atomic mass is 19.3. The third kappa shape index (κ3) is 4.17. The predicted octanol–water partition coefficient (Wildman–Crippen LogP) is 3.82. The van der Waals surface area contributed by atoms with Crippen molar-refractivity contribution in [2.45, 2.75) is 13.5 Å². The fourth-order valence-corrected chi connectivity index (χ4v) is 2.85. The maximum atomic E-state index is 12.5. The van der Waals surface area contributed by atoms with Gasteiger partial charge in [0.15, 0.2) is 11.5 Å². The molecule has 0 spiro atoms. The number of anilines is 1. The monoisotopic (exact) mass is 410 g/mol. The molecule has 2 heterocycles. The third-order valence-electron chi connectivity index (χ3n) is 4.16. The standard InChI is InChI=1S/C20H16F2N6O2/c1-12-10-16(27-28(12)14-7-3-2-4-8-14)18(29)24-20-23-17(25-26-20)13-6-5-9-15(11-13)30-19(21)22/h2-11,19H,1H3,(H2,23,24,25,26,29). The van der Waals surface area contributed by atoms with Gasteiger partial charge in [0.25, 0.3) is 5.91 Å². The number of rotatable bonds is 6. The van der Waals surface area contributed by atoms with Crippen molar-refractivity contribution in [3.8, 4) is 22.8 Å². The average Bonchev–Trinajstić information content (AvgIpc) is 3.35. The van der Waals surface area contributed by atoms with Gasteiger partial charge in [-0.3, -0.25) is 15.2 Å². The fraction of sp³-hybridized carbons (Fsp3) is 0.100. The first-order valence-corrected chi connectivity index (χ1v) is 8.91. The Hall–Kier alpha value is -4.08. The number of amides is 1. The number of aromatic nitrogens is 5. The number of ether oxygens (including phenoxy) is 1. The molecule has 2 aromatic carbocycles. The summed E-state index contributed by atoms with van der Waals surface area (Å²) in [5, 5.41) is 13.5. The summed E-state index contributed by atoms with van der Waals surface area (Å²) in [6.45, 7) is -1.08. The lowest BCUT2D eigenvalue weighted by atomic mass is 10.2. The molecule has 8 nitrogen and oxygen atoms in total. The highest BCUT2D eigenvalue weighted by Crippen LogP contribution is 2.23. The van der Waals surface area contributed by atoms with Gasteiger partial charge in [-0.2, -0.15) is 18.9 Å². The Balaban J connectivity index is 1.50. The van der Waals surface area contributed by atoms with Crippen LogP contribution in [-0.2, 0) is 0 Å². The molecule has 30 heavy (non-hydrogen) atoms. The van der Waals surface area contributed by atoms with E-state index in [2.05, 4.69) is 30.3 Å². The Morgan fingerprint density at radius 3 is 2.70 bits per heavy atom. The minimum atomic E-state index is -2.93. The molecule has 2 aromatic heterocycles. The average molecular weight is 410 g/mol. The summed E-state index contributed by atoms with van der Waals surface area (Å²) >= 11 is 0. The Labute approximate surface area is 169 Å². The normalized spacial score (nSPS) is 10.9. The van der Waals surface area contributed by atoms with Gasteiger partial charge in [0.05, 0.1) is 5.69 Å². The van der Waals surface area contributed by atoms with Crippen molar-refractivity contribution >= 4 is 11.9 Å². The minimum absolute atomic E-state index is 0.00795. The highest BCUT2D eigenvalue weighted by Gasteiger charge is 2.16. The second kappa shape index (κ2) is 8.11. The highest BCUT2D eigenvalue weighted by molar-refractivity contribution is 6.02. The molecule has 0 unspecified atom stereocenters. The van der Waals surface area contributed by atoms with Crippen LogP contribution in [0.1, 0.15) is 16.2 Å². The fourth-order valence-electron chi connectivity index (χ4n) is 2.85. The third-order valence-corrected chi connectivity index (χ3v) is 4.16. The Kier molecular flexibility index (Phi) is 5.21. The number of benzene rings is 2. The van der Waals surface area contributed by atoms with E-state index in [1.807, 2.05) is 37.3 Å². The number of hydrogen-bond acceptors (Lipinski definition) is 5. The molecule has 4 aromatic rings. The first-order valence-electron chi connectivity index (χ1n) is 8.91. The molecule has 0 radical (unpaired) electrons. The molecule has 152 valence electrons. The van der Waals surface area contributed by atoms with Crippen LogP contribution in [0.4, 0.5) is 14.7 Å². The number of aromatic amines is 1. The number of aryl methyl sites for hydroxylation is 1. The number of alkyl halides is 2. The molecule has 0 bridgehead atoms. The SMILES string of the molecule is Cc1cc(C(=O)Nc2n[nH]c(-c3cccc(OC(F)F)c3)n2)nn1-c1ccccc1. The van der Waals surface area contributed by atoms with Crippen LogP contribution in [0.5, 0.6) is 5.75 Å². The molecule has 0 aliphatic carbocycles. The number of carbonyl (C=O) groups excluding carboxylic acids is 1. The first kappa shape index (κ1) is 19.2. The molecular formula is C20H16F2N6O2. The van der Waals surface area contributed by atoms with Gasteiger partial charge in [-0.15, -0.1) is 5.10 Å². The van der Waals surface area contributed by atoms with Crippen molar-refractivity contribution in [2.24, 2.45) is 0 Å². The van der Waals surface area contributed by atoms with Crippen LogP contribution in [0.2, 0.25) is 0 Å². The second-order valence-corrected chi connectivity index (χ2v) is 6.29.